The quantitative estimate of drug-likeness (QED) is 0.848. The summed E-state index contributed by atoms with van der Waals surface area (Å²) in [6.07, 6.45) is 0. The van der Waals surface area contributed by atoms with Gasteiger partial charge in [0.15, 0.2) is 0 Å². The van der Waals surface area contributed by atoms with Crippen molar-refractivity contribution in [2.24, 2.45) is 0 Å². The Balaban J connectivity index is 2.26. The van der Waals surface area contributed by atoms with E-state index in [-0.39, 0.29) is 29.3 Å². The SMILES string of the molecule is CC#Cc1cc(F)c(-c2c(O)n3n(c2=O)CCOCC3)c(OC)c1. The van der Waals surface area contributed by atoms with E-state index in [0.29, 0.717) is 25.3 Å². The lowest BCUT2D eigenvalue weighted by Crippen LogP contribution is -2.23. The molecule has 0 atom stereocenters. The van der Waals surface area contributed by atoms with Crippen LogP contribution in [0.3, 0.4) is 0 Å². The molecule has 0 fully saturated rings. The molecule has 1 N–H and O–H groups in total. The van der Waals surface area contributed by atoms with E-state index in [0.717, 1.165) is 0 Å². The highest BCUT2D eigenvalue weighted by molar-refractivity contribution is 5.75. The van der Waals surface area contributed by atoms with Gasteiger partial charge in [0.1, 0.15) is 17.1 Å². The third-order valence-electron chi connectivity index (χ3n) is 3.90. The van der Waals surface area contributed by atoms with Crippen LogP contribution in [0.15, 0.2) is 16.9 Å². The molecule has 1 aliphatic heterocycles. The average Bonchev–Trinajstić information content (AvgIpc) is 2.75. The first kappa shape index (κ1) is 16.1. The lowest BCUT2D eigenvalue weighted by atomic mass is 10.0. The first-order chi connectivity index (χ1) is 11.6. The van der Waals surface area contributed by atoms with Crippen molar-refractivity contribution in [2.45, 2.75) is 20.0 Å². The number of hydrogen-bond donors (Lipinski definition) is 1. The summed E-state index contributed by atoms with van der Waals surface area (Å²) in [6.45, 7) is 2.96. The number of ether oxygens (including phenoxy) is 2. The number of hydrogen-bond acceptors (Lipinski definition) is 4. The van der Waals surface area contributed by atoms with Gasteiger partial charge in [-0.15, -0.1) is 5.92 Å². The number of rotatable bonds is 2. The molecule has 1 aromatic carbocycles. The zero-order valence-electron chi connectivity index (χ0n) is 13.4. The van der Waals surface area contributed by atoms with Gasteiger partial charge in [0.05, 0.1) is 39.0 Å². The number of nitrogens with zero attached hydrogens (tertiary/aromatic N) is 2. The molecule has 2 aromatic rings. The lowest BCUT2D eigenvalue weighted by Gasteiger charge is -2.09. The van der Waals surface area contributed by atoms with Crippen molar-refractivity contribution in [1.29, 1.82) is 0 Å². The van der Waals surface area contributed by atoms with Crippen molar-refractivity contribution in [3.05, 3.63) is 33.9 Å². The van der Waals surface area contributed by atoms with Crippen molar-refractivity contribution in [3.8, 4) is 34.6 Å². The molecule has 24 heavy (non-hydrogen) atoms. The van der Waals surface area contributed by atoms with Crippen LogP contribution >= 0.6 is 0 Å². The van der Waals surface area contributed by atoms with Crippen LogP contribution in [0.25, 0.3) is 11.1 Å². The van der Waals surface area contributed by atoms with E-state index in [4.69, 9.17) is 9.47 Å². The molecule has 0 aliphatic carbocycles. The Bertz CT molecular complexity index is 902. The Hall–Kier alpha value is -2.72. The van der Waals surface area contributed by atoms with Gasteiger partial charge in [-0.3, -0.25) is 4.79 Å². The van der Waals surface area contributed by atoms with Crippen molar-refractivity contribution in [3.63, 3.8) is 0 Å². The molecular formula is C17H17FN2O4. The first-order valence-electron chi connectivity index (χ1n) is 7.49. The summed E-state index contributed by atoms with van der Waals surface area (Å²) < 4.78 is 28.0. The topological polar surface area (TPSA) is 65.6 Å². The summed E-state index contributed by atoms with van der Waals surface area (Å²) in [5.41, 5.74) is -0.216. The molecule has 0 bridgehead atoms. The second-order valence-corrected chi connectivity index (χ2v) is 5.27. The molecule has 2 heterocycles. The van der Waals surface area contributed by atoms with Crippen LogP contribution in [0, 0.1) is 17.7 Å². The normalized spacial score (nSPS) is 13.6. The van der Waals surface area contributed by atoms with Gasteiger partial charge >= 0.3 is 0 Å². The molecule has 6 nitrogen and oxygen atoms in total. The molecule has 1 aromatic heterocycles. The van der Waals surface area contributed by atoms with Gasteiger partial charge in [0.2, 0.25) is 5.88 Å². The zero-order chi connectivity index (χ0) is 17.3. The van der Waals surface area contributed by atoms with Gasteiger partial charge in [0.25, 0.3) is 5.56 Å². The maximum atomic E-state index is 14.7. The molecular weight excluding hydrogens is 315 g/mol. The minimum atomic E-state index is -0.669. The largest absolute Gasteiger partial charge is 0.496 e. The summed E-state index contributed by atoms with van der Waals surface area (Å²) in [5, 5.41) is 10.5. The fourth-order valence-electron chi connectivity index (χ4n) is 2.85. The Morgan fingerprint density at radius 2 is 1.96 bits per heavy atom. The second kappa shape index (κ2) is 6.42. The van der Waals surface area contributed by atoms with Gasteiger partial charge in [-0.05, 0) is 19.1 Å². The predicted octanol–water partition coefficient (Wildman–Crippen LogP) is 1.57. The molecule has 0 saturated carbocycles. The summed E-state index contributed by atoms with van der Waals surface area (Å²) in [7, 11) is 1.38. The van der Waals surface area contributed by atoms with Gasteiger partial charge in [-0.25, -0.2) is 13.8 Å². The minimum Gasteiger partial charge on any atom is -0.496 e. The van der Waals surface area contributed by atoms with Crippen LogP contribution in [0.4, 0.5) is 4.39 Å². The van der Waals surface area contributed by atoms with Crippen molar-refractivity contribution in [2.75, 3.05) is 20.3 Å². The van der Waals surface area contributed by atoms with Crippen LogP contribution in [-0.4, -0.2) is 34.8 Å². The molecule has 0 saturated heterocycles. The number of methoxy groups -OCH3 is 1. The van der Waals surface area contributed by atoms with Gasteiger partial charge < -0.3 is 14.6 Å². The van der Waals surface area contributed by atoms with Gasteiger partial charge in [-0.1, -0.05) is 5.92 Å². The second-order valence-electron chi connectivity index (χ2n) is 5.27. The van der Waals surface area contributed by atoms with Crippen LogP contribution in [0.1, 0.15) is 12.5 Å². The standard InChI is InChI=1S/C17H17FN2O4/c1-3-4-11-9-12(18)14(13(10-11)23-2)15-16(21)19-5-7-24-8-6-20(19)17(15)22/h9-10,21H,5-8H2,1-2H3. The highest BCUT2D eigenvalue weighted by Crippen LogP contribution is 2.37. The fourth-order valence-corrected chi connectivity index (χ4v) is 2.85. The van der Waals surface area contributed by atoms with Crippen LogP contribution < -0.4 is 10.3 Å². The van der Waals surface area contributed by atoms with Crippen LogP contribution in [0.5, 0.6) is 11.6 Å². The Kier molecular flexibility index (Phi) is 4.32. The number of halogens is 1. The van der Waals surface area contributed by atoms with E-state index in [1.54, 1.807) is 13.0 Å². The summed E-state index contributed by atoms with van der Waals surface area (Å²) >= 11 is 0. The Morgan fingerprint density at radius 3 is 2.62 bits per heavy atom. The molecule has 126 valence electrons. The highest BCUT2D eigenvalue weighted by Gasteiger charge is 2.27. The summed E-state index contributed by atoms with van der Waals surface area (Å²) in [6, 6.07) is 2.77. The van der Waals surface area contributed by atoms with E-state index in [2.05, 4.69) is 11.8 Å². The predicted molar refractivity (Wildman–Crippen MR) is 85.7 cm³/mol. The van der Waals surface area contributed by atoms with Crippen molar-refractivity contribution >= 4 is 0 Å². The highest BCUT2D eigenvalue weighted by atomic mass is 19.1. The lowest BCUT2D eigenvalue weighted by molar-refractivity contribution is 0.137. The van der Waals surface area contributed by atoms with E-state index < -0.39 is 11.4 Å². The Morgan fingerprint density at radius 1 is 1.25 bits per heavy atom. The van der Waals surface area contributed by atoms with Crippen LogP contribution in [-0.2, 0) is 17.8 Å². The number of aromatic nitrogens is 2. The van der Waals surface area contributed by atoms with Crippen LogP contribution in [0.2, 0.25) is 0 Å². The van der Waals surface area contributed by atoms with E-state index >= 15 is 0 Å². The average molecular weight is 332 g/mol. The molecule has 1 aliphatic rings. The molecule has 0 unspecified atom stereocenters. The number of aromatic hydroxyl groups is 1. The minimum absolute atomic E-state index is 0.0596. The fraction of sp³-hybridized carbons (Fsp3) is 0.353. The van der Waals surface area contributed by atoms with E-state index in [1.807, 2.05) is 0 Å². The van der Waals surface area contributed by atoms with Gasteiger partial charge in [0, 0.05) is 5.56 Å². The van der Waals surface area contributed by atoms with Gasteiger partial charge in [-0.2, -0.15) is 0 Å². The molecule has 3 rings (SSSR count). The molecule has 0 spiro atoms. The first-order valence-corrected chi connectivity index (χ1v) is 7.49. The summed E-state index contributed by atoms with van der Waals surface area (Å²) in [5.74, 6) is 4.62. The van der Waals surface area contributed by atoms with E-state index in [1.165, 1.54) is 22.5 Å². The summed E-state index contributed by atoms with van der Waals surface area (Å²) in [4.78, 5) is 12.7. The van der Waals surface area contributed by atoms with Crippen molar-refractivity contribution in [1.82, 2.24) is 9.36 Å². The molecule has 0 amide bonds. The number of benzene rings is 1. The maximum absolute atomic E-state index is 14.7. The number of fused-ring (bicyclic) bond motifs is 1. The molecule has 0 radical (unpaired) electrons. The monoisotopic (exact) mass is 332 g/mol. The third kappa shape index (κ3) is 2.55. The van der Waals surface area contributed by atoms with E-state index in [9.17, 15) is 14.3 Å². The zero-order valence-corrected chi connectivity index (χ0v) is 13.4. The maximum Gasteiger partial charge on any atom is 0.278 e. The smallest absolute Gasteiger partial charge is 0.278 e. The van der Waals surface area contributed by atoms with Crippen molar-refractivity contribution < 1.29 is 19.0 Å². The molecule has 7 heteroatoms. The Labute approximate surface area is 138 Å². The third-order valence-corrected chi connectivity index (χ3v) is 3.90.